The average Bonchev–Trinajstić information content (AvgIpc) is 2.48. The molecule has 1 aromatic heterocycles. The normalized spacial score (nSPS) is 11.9. The van der Waals surface area contributed by atoms with E-state index < -0.39 is 16.9 Å². The van der Waals surface area contributed by atoms with Crippen molar-refractivity contribution in [2.45, 2.75) is 12.5 Å². The summed E-state index contributed by atoms with van der Waals surface area (Å²) < 4.78 is 0. The highest BCUT2D eigenvalue weighted by atomic mass is 35.5. The number of nitrogens with zero attached hydrogens (tertiary/aromatic N) is 2. The Hall–Kier alpha value is -2.71. The second kappa shape index (κ2) is 6.59. The molecule has 0 amide bonds. The quantitative estimate of drug-likeness (QED) is 0.559. The predicted octanol–water partition coefficient (Wildman–Crippen LogP) is 1.97. The van der Waals surface area contributed by atoms with Gasteiger partial charge in [-0.25, -0.2) is 0 Å². The van der Waals surface area contributed by atoms with Crippen LogP contribution in [0.1, 0.15) is 5.56 Å². The highest BCUT2D eigenvalue weighted by molar-refractivity contribution is 6.35. The van der Waals surface area contributed by atoms with Crippen molar-refractivity contribution in [1.82, 2.24) is 4.98 Å². The monoisotopic (exact) mass is 337 g/mol. The van der Waals surface area contributed by atoms with Crippen LogP contribution in [0.15, 0.2) is 30.6 Å². The molecule has 0 saturated heterocycles. The summed E-state index contributed by atoms with van der Waals surface area (Å²) in [6, 6.07) is 2.82. The fraction of sp³-hybridized carbons (Fsp3) is 0.143. The number of carboxylic acid groups (broad SMARTS) is 1. The summed E-state index contributed by atoms with van der Waals surface area (Å²) in [7, 11) is 0. The number of nitrogens with two attached hydrogens (primary N) is 1. The third kappa shape index (κ3) is 3.74. The Kier molecular flexibility index (Phi) is 4.77. The van der Waals surface area contributed by atoms with Gasteiger partial charge in [0.25, 0.3) is 5.69 Å². The first kappa shape index (κ1) is 16.7. The van der Waals surface area contributed by atoms with Gasteiger partial charge in [0.1, 0.15) is 16.8 Å². The summed E-state index contributed by atoms with van der Waals surface area (Å²) in [5.41, 5.74) is 6.06. The number of aromatic hydroxyl groups is 1. The molecule has 2 aromatic rings. The lowest BCUT2D eigenvalue weighted by molar-refractivity contribution is -0.384. The molecule has 0 aliphatic rings. The van der Waals surface area contributed by atoms with Crippen LogP contribution in [0.5, 0.6) is 5.75 Å². The third-order valence-corrected chi connectivity index (χ3v) is 3.51. The van der Waals surface area contributed by atoms with Crippen molar-refractivity contribution >= 4 is 23.3 Å². The maximum Gasteiger partial charge on any atom is 0.320 e. The molecule has 0 aliphatic heterocycles. The van der Waals surface area contributed by atoms with Crippen molar-refractivity contribution in [2.75, 3.05) is 0 Å². The Bertz CT molecular complexity index is 781. The molecule has 0 spiro atoms. The van der Waals surface area contributed by atoms with Crippen molar-refractivity contribution in [3.8, 4) is 16.9 Å². The average molecular weight is 338 g/mol. The Morgan fingerprint density at radius 1 is 1.39 bits per heavy atom. The number of carboxylic acids is 1. The summed E-state index contributed by atoms with van der Waals surface area (Å²) in [5, 5.41) is 29.4. The van der Waals surface area contributed by atoms with Crippen molar-refractivity contribution in [3.63, 3.8) is 0 Å². The first-order valence-electron chi connectivity index (χ1n) is 6.39. The molecule has 120 valence electrons. The van der Waals surface area contributed by atoms with Gasteiger partial charge in [0.2, 0.25) is 0 Å². The van der Waals surface area contributed by atoms with Gasteiger partial charge in [0, 0.05) is 23.4 Å². The van der Waals surface area contributed by atoms with Gasteiger partial charge in [-0.2, -0.15) is 0 Å². The lowest BCUT2D eigenvalue weighted by Crippen LogP contribution is -2.32. The number of pyridine rings is 1. The number of halogens is 1. The first-order chi connectivity index (χ1) is 10.8. The lowest BCUT2D eigenvalue weighted by atomic mass is 9.99. The van der Waals surface area contributed by atoms with Gasteiger partial charge in [-0.1, -0.05) is 11.6 Å². The van der Waals surface area contributed by atoms with E-state index >= 15 is 0 Å². The van der Waals surface area contributed by atoms with Crippen LogP contribution in [0.25, 0.3) is 11.1 Å². The number of rotatable bonds is 5. The van der Waals surface area contributed by atoms with Crippen LogP contribution in [0.3, 0.4) is 0 Å². The minimum absolute atomic E-state index is 0.105. The van der Waals surface area contributed by atoms with Gasteiger partial charge in [-0.3, -0.25) is 19.9 Å². The molecule has 0 bridgehead atoms. The van der Waals surface area contributed by atoms with E-state index in [0.29, 0.717) is 11.1 Å². The molecule has 1 aromatic carbocycles. The Balaban J connectivity index is 2.58. The SMILES string of the molecule is NC(Cc1cc(-c2cncc(O)c2)c(Cl)c([N+](=O)[O-])c1)C(=O)O. The van der Waals surface area contributed by atoms with E-state index in [1.165, 1.54) is 30.6 Å². The largest absolute Gasteiger partial charge is 0.506 e. The zero-order valence-corrected chi connectivity index (χ0v) is 12.4. The molecule has 8 nitrogen and oxygen atoms in total. The third-order valence-electron chi connectivity index (χ3n) is 3.12. The van der Waals surface area contributed by atoms with E-state index in [1.54, 1.807) is 0 Å². The van der Waals surface area contributed by atoms with Gasteiger partial charge < -0.3 is 15.9 Å². The van der Waals surface area contributed by atoms with Crippen LogP contribution in [0, 0.1) is 10.1 Å². The minimum atomic E-state index is -1.22. The van der Waals surface area contributed by atoms with Crippen molar-refractivity contribution < 1.29 is 19.9 Å². The van der Waals surface area contributed by atoms with E-state index in [0.717, 1.165) is 0 Å². The maximum absolute atomic E-state index is 11.2. The highest BCUT2D eigenvalue weighted by Crippen LogP contribution is 2.37. The van der Waals surface area contributed by atoms with Gasteiger partial charge in [-0.05, 0) is 24.1 Å². The number of aromatic nitrogens is 1. The van der Waals surface area contributed by atoms with E-state index in [-0.39, 0.29) is 28.4 Å². The van der Waals surface area contributed by atoms with Crippen LogP contribution in [-0.4, -0.2) is 32.1 Å². The summed E-state index contributed by atoms with van der Waals surface area (Å²) in [6.07, 6.45) is 2.48. The number of nitro groups is 1. The number of nitro benzene ring substituents is 1. The molecule has 2 rings (SSSR count). The van der Waals surface area contributed by atoms with Gasteiger partial charge in [-0.15, -0.1) is 0 Å². The summed E-state index contributed by atoms with van der Waals surface area (Å²) in [4.78, 5) is 25.1. The maximum atomic E-state index is 11.2. The molecule has 9 heteroatoms. The summed E-state index contributed by atoms with van der Waals surface area (Å²) >= 11 is 6.06. The molecule has 0 fully saturated rings. The van der Waals surface area contributed by atoms with Crippen molar-refractivity contribution in [1.29, 1.82) is 0 Å². The molecule has 4 N–H and O–H groups in total. The van der Waals surface area contributed by atoms with Crippen LogP contribution in [0.2, 0.25) is 5.02 Å². The fourth-order valence-electron chi connectivity index (χ4n) is 2.04. The van der Waals surface area contributed by atoms with E-state index in [2.05, 4.69) is 4.98 Å². The minimum Gasteiger partial charge on any atom is -0.506 e. The highest BCUT2D eigenvalue weighted by Gasteiger charge is 2.21. The van der Waals surface area contributed by atoms with E-state index in [9.17, 15) is 20.0 Å². The Labute approximate surface area is 135 Å². The van der Waals surface area contributed by atoms with Crippen LogP contribution >= 0.6 is 11.6 Å². The predicted molar refractivity (Wildman–Crippen MR) is 82.3 cm³/mol. The summed E-state index contributed by atoms with van der Waals surface area (Å²) in [5.74, 6) is -1.35. The van der Waals surface area contributed by atoms with E-state index in [1.807, 2.05) is 0 Å². The lowest BCUT2D eigenvalue weighted by Gasteiger charge is -2.11. The molecule has 0 saturated carbocycles. The molecule has 1 unspecified atom stereocenters. The molecular formula is C14H12ClN3O5. The van der Waals surface area contributed by atoms with Gasteiger partial charge in [0.05, 0.1) is 11.1 Å². The van der Waals surface area contributed by atoms with E-state index in [4.69, 9.17) is 22.4 Å². The molecule has 1 atom stereocenters. The summed E-state index contributed by atoms with van der Waals surface area (Å²) in [6.45, 7) is 0. The Morgan fingerprint density at radius 3 is 2.65 bits per heavy atom. The number of hydrogen-bond donors (Lipinski definition) is 3. The second-order valence-electron chi connectivity index (χ2n) is 4.81. The standard InChI is InChI=1S/C14H12ClN3O5/c15-13-10(8-4-9(19)6-17-5-8)1-7(2-11(16)14(20)21)3-12(13)18(22)23/h1,3-6,11,19H,2,16H2,(H,20,21). The number of benzene rings is 1. The van der Waals surface area contributed by atoms with Gasteiger partial charge in [0.15, 0.2) is 0 Å². The molecule has 0 radical (unpaired) electrons. The molecular weight excluding hydrogens is 326 g/mol. The van der Waals surface area contributed by atoms with Crippen molar-refractivity contribution in [3.05, 3.63) is 51.3 Å². The zero-order chi connectivity index (χ0) is 17.1. The van der Waals surface area contributed by atoms with Crippen LogP contribution < -0.4 is 5.73 Å². The number of hydrogen-bond acceptors (Lipinski definition) is 6. The molecule has 0 aliphatic carbocycles. The van der Waals surface area contributed by atoms with Gasteiger partial charge >= 0.3 is 5.97 Å². The molecule has 23 heavy (non-hydrogen) atoms. The van der Waals surface area contributed by atoms with Crippen LogP contribution in [0.4, 0.5) is 5.69 Å². The number of aliphatic carboxylic acids is 1. The smallest absolute Gasteiger partial charge is 0.320 e. The molecule has 1 heterocycles. The zero-order valence-electron chi connectivity index (χ0n) is 11.6. The van der Waals surface area contributed by atoms with Crippen LogP contribution in [-0.2, 0) is 11.2 Å². The van der Waals surface area contributed by atoms with Crippen molar-refractivity contribution in [2.24, 2.45) is 5.73 Å². The second-order valence-corrected chi connectivity index (χ2v) is 5.19. The number of carbonyl (C=O) groups is 1. The first-order valence-corrected chi connectivity index (χ1v) is 6.77. The Morgan fingerprint density at radius 2 is 2.09 bits per heavy atom. The topological polar surface area (TPSA) is 140 Å². The fourth-order valence-corrected chi connectivity index (χ4v) is 2.33.